The molecule has 0 radical (unpaired) electrons. The average molecular weight is 181 g/mol. The second-order valence-corrected chi connectivity index (χ2v) is 3.48. The van der Waals surface area contributed by atoms with Crippen molar-refractivity contribution in [3.63, 3.8) is 0 Å². The van der Waals surface area contributed by atoms with Crippen LogP contribution in [0.1, 0.15) is 13.8 Å². The Hall–Kier alpha value is -1.08. The fourth-order valence-corrected chi connectivity index (χ4v) is 1.43. The maximum atomic E-state index is 11.1. The first kappa shape index (κ1) is 10.0. The van der Waals surface area contributed by atoms with Gasteiger partial charge in [0.2, 0.25) is 5.91 Å². The van der Waals surface area contributed by atoms with Gasteiger partial charge in [0.1, 0.15) is 0 Å². The van der Waals surface area contributed by atoms with E-state index >= 15 is 0 Å². The summed E-state index contributed by atoms with van der Waals surface area (Å²) >= 11 is 0. The van der Waals surface area contributed by atoms with Gasteiger partial charge in [-0.25, -0.2) is 0 Å². The van der Waals surface area contributed by atoms with Crippen molar-refractivity contribution in [2.75, 3.05) is 19.6 Å². The second-order valence-electron chi connectivity index (χ2n) is 3.48. The quantitative estimate of drug-likeness (QED) is 0.650. The largest absolute Gasteiger partial charge is 0.354 e. The van der Waals surface area contributed by atoms with Gasteiger partial charge in [-0.1, -0.05) is 0 Å². The summed E-state index contributed by atoms with van der Waals surface area (Å²) in [6.07, 6.45) is 0. The number of rotatable bonds is 2. The van der Waals surface area contributed by atoms with E-state index in [1.165, 1.54) is 0 Å². The Bertz CT molecular complexity index is 234. The van der Waals surface area contributed by atoms with Crippen LogP contribution < -0.4 is 5.32 Å². The van der Waals surface area contributed by atoms with E-state index < -0.39 is 0 Å². The summed E-state index contributed by atoms with van der Waals surface area (Å²) in [7, 11) is 0. The molecule has 0 aromatic rings. The molecule has 1 fully saturated rings. The fraction of sp³-hybridized carbons (Fsp3) is 0.778. The zero-order valence-electron chi connectivity index (χ0n) is 8.08. The van der Waals surface area contributed by atoms with Crippen molar-refractivity contribution >= 4 is 5.91 Å². The molecule has 0 aromatic heterocycles. The van der Waals surface area contributed by atoms with Crippen LogP contribution in [-0.2, 0) is 4.79 Å². The van der Waals surface area contributed by atoms with Crippen molar-refractivity contribution in [2.45, 2.75) is 19.9 Å². The molecular formula is C9H15N3O. The summed E-state index contributed by atoms with van der Waals surface area (Å²) in [4.78, 5) is 13.1. The molecule has 1 heterocycles. The standard InChI is InChI=1S/C9H15N3O/c1-7(5-10)8(2)12-4-3-11-9(13)6-12/h7-8H,3-4,6H2,1-2H3,(H,11,13). The monoisotopic (exact) mass is 181 g/mol. The highest BCUT2D eigenvalue weighted by atomic mass is 16.2. The molecule has 1 rings (SSSR count). The van der Waals surface area contributed by atoms with Crippen molar-refractivity contribution in [3.05, 3.63) is 0 Å². The van der Waals surface area contributed by atoms with Gasteiger partial charge in [-0.2, -0.15) is 5.26 Å². The van der Waals surface area contributed by atoms with E-state index in [1.807, 2.05) is 18.7 Å². The minimum Gasteiger partial charge on any atom is -0.354 e. The Morgan fingerprint density at radius 1 is 1.62 bits per heavy atom. The third-order valence-corrected chi connectivity index (χ3v) is 2.57. The fourth-order valence-electron chi connectivity index (χ4n) is 1.43. The van der Waals surface area contributed by atoms with E-state index in [9.17, 15) is 4.79 Å². The molecule has 2 atom stereocenters. The van der Waals surface area contributed by atoms with Gasteiger partial charge in [-0.05, 0) is 13.8 Å². The highest BCUT2D eigenvalue weighted by Crippen LogP contribution is 2.10. The van der Waals surface area contributed by atoms with E-state index in [2.05, 4.69) is 11.4 Å². The third-order valence-electron chi connectivity index (χ3n) is 2.57. The number of piperazine rings is 1. The average Bonchev–Trinajstić information content (AvgIpc) is 2.15. The third kappa shape index (κ3) is 2.43. The summed E-state index contributed by atoms with van der Waals surface area (Å²) in [5.74, 6) is 0.0362. The molecule has 1 N–H and O–H groups in total. The Morgan fingerprint density at radius 2 is 2.31 bits per heavy atom. The summed E-state index contributed by atoms with van der Waals surface area (Å²) in [5, 5.41) is 11.5. The van der Waals surface area contributed by atoms with Crippen molar-refractivity contribution in [2.24, 2.45) is 5.92 Å². The van der Waals surface area contributed by atoms with Crippen molar-refractivity contribution in [1.82, 2.24) is 10.2 Å². The molecule has 0 saturated carbocycles. The number of carbonyl (C=O) groups excluding carboxylic acids is 1. The molecule has 1 aliphatic rings. The van der Waals surface area contributed by atoms with E-state index in [1.54, 1.807) is 0 Å². The van der Waals surface area contributed by atoms with Crippen LogP contribution in [0.15, 0.2) is 0 Å². The smallest absolute Gasteiger partial charge is 0.234 e. The van der Waals surface area contributed by atoms with Crippen molar-refractivity contribution in [3.8, 4) is 6.07 Å². The molecule has 72 valence electrons. The molecule has 0 aromatic carbocycles. The van der Waals surface area contributed by atoms with Gasteiger partial charge >= 0.3 is 0 Å². The first-order chi connectivity index (χ1) is 6.15. The minimum absolute atomic E-state index is 0.0223. The zero-order chi connectivity index (χ0) is 9.84. The van der Waals surface area contributed by atoms with Crippen LogP contribution in [0, 0.1) is 17.2 Å². The first-order valence-corrected chi connectivity index (χ1v) is 4.55. The lowest BCUT2D eigenvalue weighted by Gasteiger charge is -2.33. The predicted molar refractivity (Wildman–Crippen MR) is 48.8 cm³/mol. The van der Waals surface area contributed by atoms with Gasteiger partial charge in [-0.15, -0.1) is 0 Å². The maximum Gasteiger partial charge on any atom is 0.234 e. The highest BCUT2D eigenvalue weighted by molar-refractivity contribution is 5.78. The second kappa shape index (κ2) is 4.24. The van der Waals surface area contributed by atoms with E-state index in [0.29, 0.717) is 13.1 Å². The normalized spacial score (nSPS) is 23.0. The zero-order valence-corrected chi connectivity index (χ0v) is 8.08. The van der Waals surface area contributed by atoms with Crippen LogP contribution in [0.4, 0.5) is 0 Å². The molecule has 0 bridgehead atoms. The summed E-state index contributed by atoms with van der Waals surface area (Å²) in [5.41, 5.74) is 0. The Balaban J connectivity index is 2.51. The van der Waals surface area contributed by atoms with Crippen molar-refractivity contribution < 1.29 is 4.79 Å². The molecule has 1 aliphatic heterocycles. The summed E-state index contributed by atoms with van der Waals surface area (Å²) in [6, 6.07) is 2.37. The summed E-state index contributed by atoms with van der Waals surface area (Å²) in [6.45, 7) is 5.84. The maximum absolute atomic E-state index is 11.1. The van der Waals surface area contributed by atoms with Gasteiger partial charge in [0.15, 0.2) is 0 Å². The van der Waals surface area contributed by atoms with Crippen LogP contribution in [0.2, 0.25) is 0 Å². The van der Waals surface area contributed by atoms with Crippen LogP contribution >= 0.6 is 0 Å². The Morgan fingerprint density at radius 3 is 2.85 bits per heavy atom. The minimum atomic E-state index is -0.0223. The topological polar surface area (TPSA) is 56.1 Å². The van der Waals surface area contributed by atoms with Crippen molar-refractivity contribution in [1.29, 1.82) is 5.26 Å². The van der Waals surface area contributed by atoms with Gasteiger partial charge in [0, 0.05) is 19.1 Å². The van der Waals surface area contributed by atoms with Crippen LogP contribution in [0.5, 0.6) is 0 Å². The van der Waals surface area contributed by atoms with E-state index in [-0.39, 0.29) is 17.9 Å². The number of nitrogens with zero attached hydrogens (tertiary/aromatic N) is 2. The lowest BCUT2D eigenvalue weighted by Crippen LogP contribution is -2.52. The van der Waals surface area contributed by atoms with Crippen LogP contribution in [0.3, 0.4) is 0 Å². The van der Waals surface area contributed by atoms with E-state index in [0.717, 1.165) is 6.54 Å². The lowest BCUT2D eigenvalue weighted by molar-refractivity contribution is -0.125. The number of carbonyl (C=O) groups is 1. The molecule has 4 heteroatoms. The van der Waals surface area contributed by atoms with E-state index in [4.69, 9.17) is 5.26 Å². The Labute approximate surface area is 78.5 Å². The van der Waals surface area contributed by atoms with Gasteiger partial charge in [-0.3, -0.25) is 9.69 Å². The molecule has 2 unspecified atom stereocenters. The number of amides is 1. The molecule has 4 nitrogen and oxygen atoms in total. The number of nitrogens with one attached hydrogen (secondary N) is 1. The van der Waals surface area contributed by atoms with Gasteiger partial charge in [0.25, 0.3) is 0 Å². The molecular weight excluding hydrogens is 166 g/mol. The molecule has 1 saturated heterocycles. The number of hydrogen-bond donors (Lipinski definition) is 1. The van der Waals surface area contributed by atoms with Crippen LogP contribution in [-0.4, -0.2) is 36.5 Å². The Kier molecular flexibility index (Phi) is 3.26. The molecule has 0 aliphatic carbocycles. The summed E-state index contributed by atoms with van der Waals surface area (Å²) < 4.78 is 0. The van der Waals surface area contributed by atoms with Crippen LogP contribution in [0.25, 0.3) is 0 Å². The number of nitriles is 1. The first-order valence-electron chi connectivity index (χ1n) is 4.55. The SMILES string of the molecule is CC(C#N)C(C)N1CCNC(=O)C1. The highest BCUT2D eigenvalue weighted by Gasteiger charge is 2.24. The predicted octanol–water partition coefficient (Wildman–Crippen LogP) is -0.0336. The molecule has 13 heavy (non-hydrogen) atoms. The van der Waals surface area contributed by atoms with Gasteiger partial charge < -0.3 is 5.32 Å². The lowest BCUT2D eigenvalue weighted by atomic mass is 10.0. The molecule has 1 amide bonds. The van der Waals surface area contributed by atoms with Gasteiger partial charge in [0.05, 0.1) is 18.5 Å². The molecule has 0 spiro atoms. The number of hydrogen-bond acceptors (Lipinski definition) is 3.